The Morgan fingerprint density at radius 3 is 2.52 bits per heavy atom. The number of pyridine rings is 1. The van der Waals surface area contributed by atoms with Crippen LogP contribution in [0.15, 0.2) is 30.6 Å². The Morgan fingerprint density at radius 2 is 1.90 bits per heavy atom. The Hall–Kier alpha value is -2.14. The molecule has 0 unspecified atom stereocenters. The number of nitrogens with zero attached hydrogens (tertiary/aromatic N) is 3. The van der Waals surface area contributed by atoms with Gasteiger partial charge in [0.15, 0.2) is 0 Å². The molecule has 0 aliphatic rings. The van der Waals surface area contributed by atoms with Crippen LogP contribution >= 0.6 is 11.3 Å². The topological polar surface area (TPSA) is 38.1 Å². The summed E-state index contributed by atoms with van der Waals surface area (Å²) in [4.78, 5) is 20.4. The second-order valence-corrected chi connectivity index (χ2v) is 6.33. The SMILES string of the molecule is Cc1cc(C)c2c(-n3cccc3)c(C(=O)N(C)C)sc2n1. The van der Waals surface area contributed by atoms with E-state index in [1.165, 1.54) is 11.3 Å². The van der Waals surface area contributed by atoms with Crippen molar-refractivity contribution in [3.8, 4) is 5.69 Å². The van der Waals surface area contributed by atoms with Crippen LogP contribution in [0.1, 0.15) is 20.9 Å². The van der Waals surface area contributed by atoms with Crippen molar-refractivity contribution in [3.05, 3.63) is 46.7 Å². The van der Waals surface area contributed by atoms with Gasteiger partial charge < -0.3 is 9.47 Å². The first kappa shape index (κ1) is 13.8. The fourth-order valence-electron chi connectivity index (χ4n) is 2.50. The third-order valence-electron chi connectivity index (χ3n) is 3.43. The number of amides is 1. The molecule has 3 rings (SSSR count). The minimum atomic E-state index is 0.0127. The molecular formula is C16H17N3OS. The van der Waals surface area contributed by atoms with Crippen LogP contribution in [0.2, 0.25) is 0 Å². The number of hydrogen-bond acceptors (Lipinski definition) is 3. The molecular weight excluding hydrogens is 282 g/mol. The van der Waals surface area contributed by atoms with Crippen LogP contribution in [0, 0.1) is 13.8 Å². The molecule has 0 aliphatic heterocycles. The van der Waals surface area contributed by atoms with Crippen molar-refractivity contribution >= 4 is 27.5 Å². The monoisotopic (exact) mass is 299 g/mol. The number of aromatic nitrogens is 2. The van der Waals surface area contributed by atoms with E-state index in [2.05, 4.69) is 18.0 Å². The van der Waals surface area contributed by atoms with Gasteiger partial charge in [0.2, 0.25) is 0 Å². The second kappa shape index (κ2) is 5.00. The van der Waals surface area contributed by atoms with E-state index in [-0.39, 0.29) is 5.91 Å². The van der Waals surface area contributed by atoms with Gasteiger partial charge in [0.25, 0.3) is 5.91 Å². The summed E-state index contributed by atoms with van der Waals surface area (Å²) in [7, 11) is 3.55. The number of rotatable bonds is 2. The van der Waals surface area contributed by atoms with Crippen molar-refractivity contribution < 1.29 is 4.79 Å². The number of hydrogen-bond donors (Lipinski definition) is 0. The number of thiophene rings is 1. The van der Waals surface area contributed by atoms with Gasteiger partial charge in [-0.3, -0.25) is 4.79 Å². The highest BCUT2D eigenvalue weighted by molar-refractivity contribution is 7.21. The van der Waals surface area contributed by atoms with Crippen LogP contribution in [-0.4, -0.2) is 34.5 Å². The standard InChI is InChI=1S/C16H17N3OS/c1-10-9-11(2)17-15-12(10)13(19-7-5-6-8-19)14(21-15)16(20)18(3)4/h5-9H,1-4H3. The molecule has 0 bridgehead atoms. The van der Waals surface area contributed by atoms with E-state index in [1.807, 2.05) is 36.0 Å². The van der Waals surface area contributed by atoms with Gasteiger partial charge in [-0.05, 0) is 37.6 Å². The van der Waals surface area contributed by atoms with Crippen LogP contribution in [-0.2, 0) is 0 Å². The van der Waals surface area contributed by atoms with Crippen molar-refractivity contribution in [1.29, 1.82) is 0 Å². The number of carbonyl (C=O) groups excluding carboxylic acids is 1. The van der Waals surface area contributed by atoms with Crippen LogP contribution < -0.4 is 0 Å². The summed E-state index contributed by atoms with van der Waals surface area (Å²) in [5, 5.41) is 1.06. The minimum Gasteiger partial charge on any atom is -0.344 e. The molecule has 0 N–H and O–H groups in total. The van der Waals surface area contributed by atoms with Crippen LogP contribution in [0.25, 0.3) is 15.9 Å². The van der Waals surface area contributed by atoms with Crippen LogP contribution in [0.4, 0.5) is 0 Å². The molecule has 4 nitrogen and oxygen atoms in total. The smallest absolute Gasteiger partial charge is 0.265 e. The van der Waals surface area contributed by atoms with Gasteiger partial charge in [-0.2, -0.15) is 0 Å². The quantitative estimate of drug-likeness (QED) is 0.727. The minimum absolute atomic E-state index is 0.0127. The maximum Gasteiger partial charge on any atom is 0.265 e. The molecule has 3 aromatic heterocycles. The van der Waals surface area contributed by atoms with E-state index in [0.717, 1.165) is 32.0 Å². The lowest BCUT2D eigenvalue weighted by atomic mass is 10.1. The highest BCUT2D eigenvalue weighted by Gasteiger charge is 2.22. The molecule has 0 radical (unpaired) electrons. The van der Waals surface area contributed by atoms with Crippen molar-refractivity contribution in [3.63, 3.8) is 0 Å². The zero-order chi connectivity index (χ0) is 15.1. The molecule has 0 aliphatic carbocycles. The predicted molar refractivity (Wildman–Crippen MR) is 86.4 cm³/mol. The van der Waals surface area contributed by atoms with Gasteiger partial charge in [0, 0.05) is 37.6 Å². The summed E-state index contributed by atoms with van der Waals surface area (Å²) in [6.45, 7) is 4.05. The van der Waals surface area contributed by atoms with E-state index in [9.17, 15) is 4.79 Å². The Kier molecular flexibility index (Phi) is 3.29. The highest BCUT2D eigenvalue weighted by Crippen LogP contribution is 2.36. The Balaban J connectivity index is 2.39. The Labute approximate surface area is 127 Å². The van der Waals surface area contributed by atoms with Gasteiger partial charge in [-0.1, -0.05) is 0 Å². The Bertz CT molecular complexity index is 816. The molecule has 0 aromatic carbocycles. The van der Waals surface area contributed by atoms with Crippen molar-refractivity contribution in [2.75, 3.05) is 14.1 Å². The average molecular weight is 299 g/mol. The summed E-state index contributed by atoms with van der Waals surface area (Å²) < 4.78 is 2.00. The first-order chi connectivity index (χ1) is 9.99. The predicted octanol–water partition coefficient (Wildman–Crippen LogP) is 3.41. The fraction of sp³-hybridized carbons (Fsp3) is 0.250. The van der Waals surface area contributed by atoms with Crippen molar-refractivity contribution in [2.24, 2.45) is 0 Å². The maximum atomic E-state index is 12.5. The zero-order valence-electron chi connectivity index (χ0n) is 12.5. The van der Waals surface area contributed by atoms with Gasteiger partial charge in [0.1, 0.15) is 9.71 Å². The van der Waals surface area contributed by atoms with E-state index in [4.69, 9.17) is 0 Å². The molecule has 0 atom stereocenters. The lowest BCUT2D eigenvalue weighted by Crippen LogP contribution is -2.21. The first-order valence-corrected chi connectivity index (χ1v) is 7.56. The summed E-state index contributed by atoms with van der Waals surface area (Å²) in [5.74, 6) is 0.0127. The van der Waals surface area contributed by atoms with E-state index >= 15 is 0 Å². The fourth-order valence-corrected chi connectivity index (χ4v) is 3.82. The highest BCUT2D eigenvalue weighted by atomic mass is 32.1. The largest absolute Gasteiger partial charge is 0.344 e. The number of carbonyl (C=O) groups is 1. The molecule has 0 saturated heterocycles. The molecule has 108 valence electrons. The van der Waals surface area contributed by atoms with Gasteiger partial charge in [-0.15, -0.1) is 11.3 Å². The van der Waals surface area contributed by atoms with Crippen molar-refractivity contribution in [1.82, 2.24) is 14.5 Å². The Morgan fingerprint density at radius 1 is 1.24 bits per heavy atom. The average Bonchev–Trinajstić information content (AvgIpc) is 3.03. The summed E-state index contributed by atoms with van der Waals surface area (Å²) in [6, 6.07) is 5.99. The van der Waals surface area contributed by atoms with E-state index in [1.54, 1.807) is 19.0 Å². The molecule has 21 heavy (non-hydrogen) atoms. The molecule has 3 aromatic rings. The van der Waals surface area contributed by atoms with Crippen LogP contribution in [0.3, 0.4) is 0 Å². The first-order valence-electron chi connectivity index (χ1n) is 6.74. The zero-order valence-corrected chi connectivity index (χ0v) is 13.4. The molecule has 3 heterocycles. The van der Waals surface area contributed by atoms with E-state index < -0.39 is 0 Å². The molecule has 1 amide bonds. The lowest BCUT2D eigenvalue weighted by Gasteiger charge is -2.11. The van der Waals surface area contributed by atoms with Gasteiger partial charge in [-0.25, -0.2) is 4.98 Å². The summed E-state index contributed by atoms with van der Waals surface area (Å²) in [6.07, 6.45) is 3.93. The maximum absolute atomic E-state index is 12.5. The molecule has 0 fully saturated rings. The summed E-state index contributed by atoms with van der Waals surface area (Å²) >= 11 is 1.46. The summed E-state index contributed by atoms with van der Waals surface area (Å²) in [5.41, 5.74) is 3.06. The molecule has 5 heteroatoms. The third-order valence-corrected chi connectivity index (χ3v) is 4.49. The second-order valence-electron chi connectivity index (χ2n) is 5.33. The molecule has 0 saturated carbocycles. The lowest BCUT2D eigenvalue weighted by molar-refractivity contribution is 0.0832. The number of fused-ring (bicyclic) bond motifs is 1. The third kappa shape index (κ3) is 2.23. The van der Waals surface area contributed by atoms with Crippen molar-refractivity contribution in [2.45, 2.75) is 13.8 Å². The van der Waals surface area contributed by atoms with E-state index in [0.29, 0.717) is 0 Å². The van der Waals surface area contributed by atoms with Gasteiger partial charge >= 0.3 is 0 Å². The molecule has 0 spiro atoms. The van der Waals surface area contributed by atoms with Crippen LogP contribution in [0.5, 0.6) is 0 Å². The number of aryl methyl sites for hydroxylation is 2. The van der Waals surface area contributed by atoms with Gasteiger partial charge in [0.05, 0.1) is 5.69 Å². The normalized spacial score (nSPS) is 11.0.